The van der Waals surface area contributed by atoms with Crippen LogP contribution < -0.4 is 10.2 Å². The molecule has 1 N–H and O–H groups in total. The lowest BCUT2D eigenvalue weighted by molar-refractivity contribution is -0.123. The summed E-state index contributed by atoms with van der Waals surface area (Å²) in [6, 6.07) is 7.80. The van der Waals surface area contributed by atoms with Crippen molar-refractivity contribution in [2.24, 2.45) is 17.8 Å². The maximum absolute atomic E-state index is 13.0. The van der Waals surface area contributed by atoms with Crippen molar-refractivity contribution in [1.82, 2.24) is 15.1 Å². The fourth-order valence-electron chi connectivity index (χ4n) is 5.50. The van der Waals surface area contributed by atoms with Crippen LogP contribution in [0.3, 0.4) is 0 Å². The van der Waals surface area contributed by atoms with Crippen LogP contribution in [-0.4, -0.2) is 74.0 Å². The van der Waals surface area contributed by atoms with Gasteiger partial charge in [0.05, 0.1) is 5.92 Å². The first-order valence-electron chi connectivity index (χ1n) is 10.9. The highest BCUT2D eigenvalue weighted by molar-refractivity contribution is 5.94. The lowest BCUT2D eigenvalue weighted by Gasteiger charge is -2.43. The van der Waals surface area contributed by atoms with Gasteiger partial charge in [0.15, 0.2) is 0 Å². The lowest BCUT2D eigenvalue weighted by Crippen LogP contribution is -2.56. The Morgan fingerprint density at radius 1 is 1.17 bits per heavy atom. The Kier molecular flexibility index (Phi) is 5.32. The Bertz CT molecular complexity index is 766. The SMILES string of the molecule is CC(C)CN1C[C@H]2C(=O)NC3(CCN(C(=O)c4ccc(N(C)C)cc4)CC3)[C@H]2C1. The maximum Gasteiger partial charge on any atom is 0.253 e. The van der Waals surface area contributed by atoms with Gasteiger partial charge in [0.25, 0.3) is 5.91 Å². The fraction of sp³-hybridized carbons (Fsp3) is 0.652. The van der Waals surface area contributed by atoms with Gasteiger partial charge in [-0.25, -0.2) is 0 Å². The number of amides is 2. The minimum absolute atomic E-state index is 0.0962. The normalized spacial score (nSPS) is 26.1. The standard InChI is InChI=1S/C23H34N4O2/c1-16(2)13-26-14-19-20(15-26)23(24-21(19)28)9-11-27(12-10-23)22(29)17-5-7-18(8-6-17)25(3)4/h5-8,16,19-20H,9-15H2,1-4H3,(H,24,28)/t19-,20+/m1/s1. The number of carbonyl (C=O) groups excluding carboxylic acids is 2. The van der Waals surface area contributed by atoms with Crippen molar-refractivity contribution in [3.8, 4) is 0 Å². The largest absolute Gasteiger partial charge is 0.378 e. The minimum Gasteiger partial charge on any atom is -0.378 e. The van der Waals surface area contributed by atoms with E-state index in [1.165, 1.54) is 0 Å². The quantitative estimate of drug-likeness (QED) is 0.844. The van der Waals surface area contributed by atoms with E-state index in [4.69, 9.17) is 0 Å². The van der Waals surface area contributed by atoms with Gasteiger partial charge < -0.3 is 20.0 Å². The van der Waals surface area contributed by atoms with Gasteiger partial charge in [0, 0.05) is 69.5 Å². The molecule has 0 aliphatic carbocycles. The number of carbonyl (C=O) groups is 2. The summed E-state index contributed by atoms with van der Waals surface area (Å²) in [5.41, 5.74) is 1.70. The van der Waals surface area contributed by atoms with Crippen molar-refractivity contribution in [2.75, 3.05) is 51.7 Å². The van der Waals surface area contributed by atoms with Gasteiger partial charge in [0.1, 0.15) is 0 Å². The summed E-state index contributed by atoms with van der Waals surface area (Å²) in [5, 5.41) is 3.36. The molecule has 3 fully saturated rings. The number of benzene rings is 1. The molecule has 3 aliphatic rings. The molecule has 0 aromatic heterocycles. The molecule has 158 valence electrons. The first-order chi connectivity index (χ1) is 13.8. The third kappa shape index (κ3) is 3.75. The van der Waals surface area contributed by atoms with Crippen LogP contribution in [-0.2, 0) is 4.79 Å². The summed E-state index contributed by atoms with van der Waals surface area (Å²) in [7, 11) is 3.99. The Labute approximate surface area is 174 Å². The number of hydrogen-bond acceptors (Lipinski definition) is 4. The van der Waals surface area contributed by atoms with Crippen molar-refractivity contribution in [3.05, 3.63) is 29.8 Å². The average molecular weight is 399 g/mol. The molecule has 4 rings (SSSR count). The molecule has 3 heterocycles. The predicted molar refractivity (Wildman–Crippen MR) is 115 cm³/mol. The number of nitrogens with one attached hydrogen (secondary N) is 1. The molecule has 6 heteroatoms. The zero-order valence-electron chi connectivity index (χ0n) is 18.1. The topological polar surface area (TPSA) is 55.9 Å². The van der Waals surface area contributed by atoms with E-state index < -0.39 is 0 Å². The van der Waals surface area contributed by atoms with Crippen LogP contribution in [0, 0.1) is 17.8 Å². The Morgan fingerprint density at radius 3 is 2.41 bits per heavy atom. The summed E-state index contributed by atoms with van der Waals surface area (Å²) in [4.78, 5) is 32.1. The number of likely N-dealkylation sites (tertiary alicyclic amines) is 2. The molecule has 0 bridgehead atoms. The molecule has 2 amide bonds. The van der Waals surface area contributed by atoms with Gasteiger partial charge in [-0.05, 0) is 43.0 Å². The van der Waals surface area contributed by atoms with Crippen LogP contribution in [0.1, 0.15) is 37.0 Å². The molecule has 3 aliphatic heterocycles. The van der Waals surface area contributed by atoms with Crippen LogP contribution in [0.15, 0.2) is 24.3 Å². The zero-order valence-corrected chi connectivity index (χ0v) is 18.1. The van der Waals surface area contributed by atoms with Crippen LogP contribution >= 0.6 is 0 Å². The van der Waals surface area contributed by atoms with E-state index in [9.17, 15) is 9.59 Å². The van der Waals surface area contributed by atoms with E-state index in [-0.39, 0.29) is 23.3 Å². The Hall–Kier alpha value is -2.08. The molecule has 1 spiro atoms. The highest BCUT2D eigenvalue weighted by atomic mass is 16.2. The molecule has 29 heavy (non-hydrogen) atoms. The van der Waals surface area contributed by atoms with E-state index in [1.54, 1.807) is 0 Å². The number of hydrogen-bond donors (Lipinski definition) is 1. The average Bonchev–Trinajstić information content (AvgIpc) is 3.21. The van der Waals surface area contributed by atoms with Crippen molar-refractivity contribution in [3.63, 3.8) is 0 Å². The number of rotatable bonds is 4. The number of anilines is 1. The van der Waals surface area contributed by atoms with Crippen molar-refractivity contribution in [2.45, 2.75) is 32.2 Å². The Balaban J connectivity index is 1.41. The van der Waals surface area contributed by atoms with Gasteiger partial charge in [-0.2, -0.15) is 0 Å². The molecule has 0 saturated carbocycles. The van der Waals surface area contributed by atoms with E-state index in [0.717, 1.165) is 43.7 Å². The van der Waals surface area contributed by atoms with Crippen LogP contribution in [0.4, 0.5) is 5.69 Å². The van der Waals surface area contributed by atoms with Crippen LogP contribution in [0.2, 0.25) is 0 Å². The van der Waals surface area contributed by atoms with Gasteiger partial charge in [0.2, 0.25) is 5.91 Å². The first-order valence-corrected chi connectivity index (χ1v) is 10.9. The van der Waals surface area contributed by atoms with E-state index in [2.05, 4.69) is 24.1 Å². The summed E-state index contributed by atoms with van der Waals surface area (Å²) in [6.45, 7) is 8.84. The van der Waals surface area contributed by atoms with Gasteiger partial charge >= 0.3 is 0 Å². The highest BCUT2D eigenvalue weighted by Crippen LogP contribution is 2.44. The molecular weight excluding hydrogens is 364 g/mol. The monoisotopic (exact) mass is 398 g/mol. The predicted octanol–water partition coefficient (Wildman–Crippen LogP) is 2.06. The summed E-state index contributed by atoms with van der Waals surface area (Å²) in [6.07, 6.45) is 1.72. The minimum atomic E-state index is -0.126. The van der Waals surface area contributed by atoms with Crippen molar-refractivity contribution < 1.29 is 9.59 Å². The third-order valence-corrected chi connectivity index (χ3v) is 7.01. The van der Waals surface area contributed by atoms with Crippen LogP contribution in [0.25, 0.3) is 0 Å². The lowest BCUT2D eigenvalue weighted by atomic mass is 9.75. The fourth-order valence-corrected chi connectivity index (χ4v) is 5.50. The maximum atomic E-state index is 13.0. The van der Waals surface area contributed by atoms with E-state index >= 15 is 0 Å². The second kappa shape index (κ2) is 7.63. The molecule has 6 nitrogen and oxygen atoms in total. The molecular formula is C23H34N4O2. The second-order valence-corrected chi connectivity index (χ2v) is 9.70. The van der Waals surface area contributed by atoms with Gasteiger partial charge in [-0.3, -0.25) is 9.59 Å². The number of piperidine rings is 1. The van der Waals surface area contributed by atoms with Gasteiger partial charge in [-0.15, -0.1) is 0 Å². The molecule has 0 unspecified atom stereocenters. The first kappa shape index (κ1) is 20.2. The smallest absolute Gasteiger partial charge is 0.253 e. The zero-order chi connectivity index (χ0) is 20.8. The van der Waals surface area contributed by atoms with Crippen LogP contribution in [0.5, 0.6) is 0 Å². The summed E-state index contributed by atoms with van der Waals surface area (Å²) in [5.74, 6) is 1.44. The Morgan fingerprint density at radius 2 is 1.83 bits per heavy atom. The molecule has 2 atom stereocenters. The molecule has 0 radical (unpaired) electrons. The second-order valence-electron chi connectivity index (χ2n) is 9.70. The van der Waals surface area contributed by atoms with E-state index in [0.29, 0.717) is 24.9 Å². The highest BCUT2D eigenvalue weighted by Gasteiger charge is 2.57. The molecule has 3 saturated heterocycles. The van der Waals surface area contributed by atoms with Crippen molar-refractivity contribution in [1.29, 1.82) is 0 Å². The third-order valence-electron chi connectivity index (χ3n) is 7.01. The number of fused-ring (bicyclic) bond motifs is 2. The van der Waals surface area contributed by atoms with Gasteiger partial charge in [-0.1, -0.05) is 13.8 Å². The van der Waals surface area contributed by atoms with E-state index in [1.807, 2.05) is 48.2 Å². The molecule has 1 aromatic carbocycles. The molecule has 1 aromatic rings. The van der Waals surface area contributed by atoms with Crippen molar-refractivity contribution >= 4 is 17.5 Å². The summed E-state index contributed by atoms with van der Waals surface area (Å²) >= 11 is 0. The number of nitrogens with zero attached hydrogens (tertiary/aromatic N) is 3. The summed E-state index contributed by atoms with van der Waals surface area (Å²) < 4.78 is 0.